The van der Waals surface area contributed by atoms with Crippen molar-refractivity contribution in [1.82, 2.24) is 9.88 Å². The van der Waals surface area contributed by atoms with E-state index in [0.717, 1.165) is 5.56 Å². The molecule has 0 aliphatic rings. The third-order valence-electron chi connectivity index (χ3n) is 4.60. The SMILES string of the molecule is CCC(C(=O)O)n1/c(=N/C(=O)c2ccc(C)cc2)sc2cc(C(=O)NC)ccc21. The topological polar surface area (TPSA) is 101 Å². The number of carbonyl (C=O) groups excluding carboxylic acids is 2. The molecule has 0 spiro atoms. The fourth-order valence-electron chi connectivity index (χ4n) is 3.02. The van der Waals surface area contributed by atoms with Crippen LogP contribution in [0.25, 0.3) is 10.2 Å². The van der Waals surface area contributed by atoms with E-state index >= 15 is 0 Å². The van der Waals surface area contributed by atoms with Crippen LogP contribution in [0.4, 0.5) is 0 Å². The maximum atomic E-state index is 12.7. The lowest BCUT2D eigenvalue weighted by Crippen LogP contribution is -2.27. The number of benzene rings is 2. The average molecular weight is 411 g/mol. The molecule has 1 aromatic heterocycles. The van der Waals surface area contributed by atoms with Crippen LogP contribution >= 0.6 is 11.3 Å². The van der Waals surface area contributed by atoms with Gasteiger partial charge in [-0.25, -0.2) is 4.79 Å². The highest BCUT2D eigenvalue weighted by Crippen LogP contribution is 2.24. The van der Waals surface area contributed by atoms with Crippen LogP contribution in [0.15, 0.2) is 47.5 Å². The van der Waals surface area contributed by atoms with E-state index in [4.69, 9.17) is 0 Å². The zero-order chi connectivity index (χ0) is 21.1. The Hall–Kier alpha value is -3.26. The predicted octanol–water partition coefficient (Wildman–Crippen LogP) is 3.15. The second kappa shape index (κ2) is 8.40. The Balaban J connectivity index is 2.22. The summed E-state index contributed by atoms with van der Waals surface area (Å²) < 4.78 is 2.24. The Morgan fingerprint density at radius 3 is 2.38 bits per heavy atom. The summed E-state index contributed by atoms with van der Waals surface area (Å²) in [6, 6.07) is 11.2. The number of aryl methyl sites for hydroxylation is 1. The Labute approximate surface area is 171 Å². The first-order valence-electron chi connectivity index (χ1n) is 9.11. The van der Waals surface area contributed by atoms with Gasteiger partial charge in [0.1, 0.15) is 6.04 Å². The number of fused-ring (bicyclic) bond motifs is 1. The molecule has 0 radical (unpaired) electrons. The molecule has 150 valence electrons. The van der Waals surface area contributed by atoms with Gasteiger partial charge in [-0.2, -0.15) is 4.99 Å². The largest absolute Gasteiger partial charge is 0.480 e. The summed E-state index contributed by atoms with van der Waals surface area (Å²) >= 11 is 1.19. The Morgan fingerprint density at radius 1 is 1.14 bits per heavy atom. The molecular formula is C21H21N3O4S. The van der Waals surface area contributed by atoms with Crippen LogP contribution in [0.1, 0.15) is 45.7 Å². The second-order valence-electron chi connectivity index (χ2n) is 6.56. The fraction of sp³-hybridized carbons (Fsp3) is 0.238. The van der Waals surface area contributed by atoms with Gasteiger partial charge in [-0.3, -0.25) is 9.59 Å². The molecule has 0 saturated carbocycles. The number of carboxylic acid groups (broad SMARTS) is 1. The second-order valence-corrected chi connectivity index (χ2v) is 7.57. The first-order valence-corrected chi connectivity index (χ1v) is 9.93. The number of aliphatic carboxylic acids is 1. The van der Waals surface area contributed by atoms with Gasteiger partial charge in [-0.05, 0) is 43.7 Å². The third-order valence-corrected chi connectivity index (χ3v) is 5.61. The van der Waals surface area contributed by atoms with Crippen molar-refractivity contribution in [2.45, 2.75) is 26.3 Å². The summed E-state index contributed by atoms with van der Waals surface area (Å²) in [7, 11) is 1.54. The van der Waals surface area contributed by atoms with Crippen molar-refractivity contribution in [1.29, 1.82) is 0 Å². The van der Waals surface area contributed by atoms with E-state index in [1.54, 1.807) is 48.9 Å². The van der Waals surface area contributed by atoms with Crippen molar-refractivity contribution in [3.63, 3.8) is 0 Å². The minimum absolute atomic E-state index is 0.244. The Kier molecular flexibility index (Phi) is 5.93. The zero-order valence-electron chi connectivity index (χ0n) is 16.3. The lowest BCUT2D eigenvalue weighted by molar-refractivity contribution is -0.140. The lowest BCUT2D eigenvalue weighted by Gasteiger charge is -2.13. The van der Waals surface area contributed by atoms with Gasteiger partial charge in [0.15, 0.2) is 4.80 Å². The molecule has 0 saturated heterocycles. The van der Waals surface area contributed by atoms with Crippen LogP contribution < -0.4 is 10.1 Å². The van der Waals surface area contributed by atoms with Crippen LogP contribution in [-0.4, -0.2) is 34.5 Å². The van der Waals surface area contributed by atoms with Gasteiger partial charge in [0, 0.05) is 18.2 Å². The van der Waals surface area contributed by atoms with Gasteiger partial charge in [-0.1, -0.05) is 36.0 Å². The monoisotopic (exact) mass is 411 g/mol. The van der Waals surface area contributed by atoms with Crippen LogP contribution in [0.5, 0.6) is 0 Å². The van der Waals surface area contributed by atoms with Crippen LogP contribution in [0.3, 0.4) is 0 Å². The van der Waals surface area contributed by atoms with Gasteiger partial charge in [0.2, 0.25) is 0 Å². The van der Waals surface area contributed by atoms with Gasteiger partial charge < -0.3 is 15.0 Å². The highest BCUT2D eigenvalue weighted by Gasteiger charge is 2.22. The first-order chi connectivity index (χ1) is 13.8. The van der Waals surface area contributed by atoms with Crippen molar-refractivity contribution >= 4 is 39.3 Å². The molecule has 1 heterocycles. The highest BCUT2D eigenvalue weighted by atomic mass is 32.1. The number of aromatic nitrogens is 1. The summed E-state index contributed by atoms with van der Waals surface area (Å²) in [5, 5.41) is 12.2. The quantitative estimate of drug-likeness (QED) is 0.673. The predicted molar refractivity (Wildman–Crippen MR) is 111 cm³/mol. The number of hydrogen-bond acceptors (Lipinski definition) is 4. The first kappa shape index (κ1) is 20.5. The van der Waals surface area contributed by atoms with Crippen molar-refractivity contribution in [2.24, 2.45) is 4.99 Å². The van der Waals surface area contributed by atoms with E-state index in [9.17, 15) is 19.5 Å². The molecule has 8 heteroatoms. The van der Waals surface area contributed by atoms with Crippen molar-refractivity contribution in [2.75, 3.05) is 7.05 Å². The van der Waals surface area contributed by atoms with Crippen molar-refractivity contribution < 1.29 is 19.5 Å². The third kappa shape index (κ3) is 4.12. The molecule has 1 atom stereocenters. The molecule has 1 unspecified atom stereocenters. The van der Waals surface area contributed by atoms with Gasteiger partial charge >= 0.3 is 5.97 Å². The van der Waals surface area contributed by atoms with Crippen LogP contribution in [0, 0.1) is 6.92 Å². The minimum Gasteiger partial charge on any atom is -0.480 e. The van der Waals surface area contributed by atoms with Gasteiger partial charge in [-0.15, -0.1) is 0 Å². The molecule has 2 amide bonds. The fourth-order valence-corrected chi connectivity index (χ4v) is 4.13. The van der Waals surface area contributed by atoms with Crippen molar-refractivity contribution in [3.8, 4) is 0 Å². The van der Waals surface area contributed by atoms with Crippen molar-refractivity contribution in [3.05, 3.63) is 64.0 Å². The number of carbonyl (C=O) groups is 3. The summed E-state index contributed by atoms with van der Waals surface area (Å²) in [5.74, 6) is -1.70. The molecule has 3 aromatic rings. The number of carboxylic acids is 1. The number of rotatable bonds is 5. The molecule has 7 nitrogen and oxygen atoms in total. The smallest absolute Gasteiger partial charge is 0.326 e. The summed E-state index contributed by atoms with van der Waals surface area (Å²) in [6.45, 7) is 3.69. The van der Waals surface area contributed by atoms with E-state index in [-0.39, 0.29) is 10.7 Å². The molecule has 0 fully saturated rings. The van der Waals surface area contributed by atoms with Gasteiger partial charge in [0.05, 0.1) is 10.2 Å². The molecule has 0 aliphatic carbocycles. The molecule has 2 N–H and O–H groups in total. The summed E-state index contributed by atoms with van der Waals surface area (Å²) in [5.41, 5.74) is 2.52. The Morgan fingerprint density at radius 2 is 1.79 bits per heavy atom. The Bertz CT molecular complexity index is 1160. The minimum atomic E-state index is -1.01. The summed E-state index contributed by atoms with van der Waals surface area (Å²) in [4.78, 5) is 41.0. The van der Waals surface area contributed by atoms with E-state index < -0.39 is 17.9 Å². The molecule has 3 rings (SSSR count). The molecule has 29 heavy (non-hydrogen) atoms. The average Bonchev–Trinajstić information content (AvgIpc) is 3.05. The van der Waals surface area contributed by atoms with E-state index in [1.165, 1.54) is 11.3 Å². The number of nitrogens with zero attached hydrogens (tertiary/aromatic N) is 2. The standard InChI is InChI=1S/C21H21N3O4S/c1-4-15(20(27)28)24-16-10-9-14(18(25)22-3)11-17(16)29-21(24)23-19(26)13-7-5-12(2)6-8-13/h5-11,15H,4H2,1-3H3,(H,22,25)(H,27,28)/b23-21-. The number of thiazole rings is 1. The van der Waals surface area contributed by atoms with E-state index in [1.807, 2.05) is 19.1 Å². The van der Waals surface area contributed by atoms with E-state index in [0.29, 0.717) is 27.8 Å². The summed E-state index contributed by atoms with van der Waals surface area (Å²) in [6.07, 6.45) is 0.324. The number of nitrogens with one attached hydrogen (secondary N) is 1. The zero-order valence-corrected chi connectivity index (χ0v) is 17.1. The van der Waals surface area contributed by atoms with Crippen LogP contribution in [-0.2, 0) is 4.79 Å². The normalized spacial score (nSPS) is 12.7. The lowest BCUT2D eigenvalue weighted by atomic mass is 10.1. The van der Waals surface area contributed by atoms with E-state index in [2.05, 4.69) is 10.3 Å². The highest BCUT2D eigenvalue weighted by molar-refractivity contribution is 7.16. The maximum Gasteiger partial charge on any atom is 0.326 e. The molecule has 2 aromatic carbocycles. The van der Waals surface area contributed by atoms with Gasteiger partial charge in [0.25, 0.3) is 11.8 Å². The molecular weight excluding hydrogens is 390 g/mol. The van der Waals surface area contributed by atoms with Crippen LogP contribution in [0.2, 0.25) is 0 Å². The maximum absolute atomic E-state index is 12.7. The molecule has 0 bridgehead atoms. The number of amides is 2. The molecule has 0 aliphatic heterocycles. The number of hydrogen-bond donors (Lipinski definition) is 2.